The Morgan fingerprint density at radius 3 is 2.86 bits per heavy atom. The third-order valence-corrected chi connectivity index (χ3v) is 3.81. The van der Waals surface area contributed by atoms with E-state index in [1.165, 1.54) is 0 Å². The number of carbonyl (C=O) groups is 1. The molecule has 0 saturated heterocycles. The summed E-state index contributed by atoms with van der Waals surface area (Å²) in [6, 6.07) is 13.9. The normalized spacial score (nSPS) is 10.8. The maximum absolute atomic E-state index is 12.2. The first kappa shape index (κ1) is 13.9. The van der Waals surface area contributed by atoms with Gasteiger partial charge in [0.05, 0.1) is 6.42 Å². The molecule has 1 aromatic heterocycles. The maximum Gasteiger partial charge on any atom is 0.228 e. The van der Waals surface area contributed by atoms with Gasteiger partial charge in [-0.15, -0.1) is 0 Å². The predicted octanol–water partition coefficient (Wildman–Crippen LogP) is 4.42. The van der Waals surface area contributed by atoms with E-state index in [1.807, 2.05) is 55.6 Å². The molecule has 4 heteroatoms. The first-order valence-corrected chi connectivity index (χ1v) is 7.53. The highest BCUT2D eigenvalue weighted by atomic mass is 79.9. The van der Waals surface area contributed by atoms with E-state index in [-0.39, 0.29) is 5.91 Å². The van der Waals surface area contributed by atoms with Crippen molar-refractivity contribution in [2.45, 2.75) is 13.3 Å². The average molecular weight is 343 g/mol. The van der Waals surface area contributed by atoms with Crippen LogP contribution in [0.15, 0.2) is 53.1 Å². The molecule has 0 aliphatic carbocycles. The van der Waals surface area contributed by atoms with Gasteiger partial charge in [-0.05, 0) is 42.3 Å². The molecule has 1 heterocycles. The topological polar surface area (TPSA) is 44.9 Å². The molecular formula is C17H15BrN2O. The van der Waals surface area contributed by atoms with Gasteiger partial charge in [0.15, 0.2) is 0 Å². The smallest absolute Gasteiger partial charge is 0.228 e. The second kappa shape index (κ2) is 5.74. The van der Waals surface area contributed by atoms with Gasteiger partial charge in [0.1, 0.15) is 0 Å². The molecule has 2 aromatic carbocycles. The lowest BCUT2D eigenvalue weighted by molar-refractivity contribution is -0.115. The number of carbonyl (C=O) groups excluding carboxylic acids is 1. The third kappa shape index (κ3) is 3.16. The van der Waals surface area contributed by atoms with Crippen molar-refractivity contribution in [2.24, 2.45) is 0 Å². The van der Waals surface area contributed by atoms with Gasteiger partial charge in [-0.25, -0.2) is 0 Å². The molecule has 0 aliphatic rings. The van der Waals surface area contributed by atoms with Crippen LogP contribution in [0.25, 0.3) is 10.9 Å². The number of fused-ring (bicyclic) bond motifs is 1. The lowest BCUT2D eigenvalue weighted by atomic mass is 10.1. The van der Waals surface area contributed by atoms with Crippen LogP contribution in [-0.2, 0) is 11.2 Å². The van der Waals surface area contributed by atoms with E-state index in [4.69, 9.17) is 0 Å². The molecule has 3 nitrogen and oxygen atoms in total. The Morgan fingerprint density at radius 1 is 1.24 bits per heavy atom. The third-order valence-electron chi connectivity index (χ3n) is 3.35. The van der Waals surface area contributed by atoms with Gasteiger partial charge >= 0.3 is 0 Å². The van der Waals surface area contributed by atoms with Crippen molar-refractivity contribution >= 4 is 38.4 Å². The highest BCUT2D eigenvalue weighted by molar-refractivity contribution is 9.10. The lowest BCUT2D eigenvalue weighted by Crippen LogP contribution is -2.14. The molecule has 21 heavy (non-hydrogen) atoms. The van der Waals surface area contributed by atoms with E-state index in [2.05, 4.69) is 26.2 Å². The fourth-order valence-electron chi connectivity index (χ4n) is 2.46. The van der Waals surface area contributed by atoms with E-state index in [9.17, 15) is 4.79 Å². The Morgan fingerprint density at radius 2 is 2.05 bits per heavy atom. The van der Waals surface area contributed by atoms with Crippen molar-refractivity contribution in [3.8, 4) is 0 Å². The Hall–Kier alpha value is -2.07. The molecule has 106 valence electrons. The maximum atomic E-state index is 12.2. The summed E-state index contributed by atoms with van der Waals surface area (Å²) in [5.41, 5.74) is 3.98. The predicted molar refractivity (Wildman–Crippen MR) is 89.5 cm³/mol. The molecule has 0 fully saturated rings. The van der Waals surface area contributed by atoms with E-state index >= 15 is 0 Å². The summed E-state index contributed by atoms with van der Waals surface area (Å²) >= 11 is 3.44. The van der Waals surface area contributed by atoms with Crippen molar-refractivity contribution in [3.63, 3.8) is 0 Å². The quantitative estimate of drug-likeness (QED) is 0.726. The second-order valence-electron chi connectivity index (χ2n) is 5.10. The zero-order valence-electron chi connectivity index (χ0n) is 11.6. The number of benzene rings is 2. The Labute approximate surface area is 131 Å². The number of amides is 1. The zero-order valence-corrected chi connectivity index (χ0v) is 13.2. The molecule has 0 unspecified atom stereocenters. The van der Waals surface area contributed by atoms with Crippen LogP contribution in [-0.4, -0.2) is 10.9 Å². The van der Waals surface area contributed by atoms with Crippen molar-refractivity contribution < 1.29 is 4.79 Å². The van der Waals surface area contributed by atoms with E-state index < -0.39 is 0 Å². The summed E-state index contributed by atoms with van der Waals surface area (Å²) in [7, 11) is 0. The number of nitrogens with one attached hydrogen (secondary N) is 2. The monoisotopic (exact) mass is 342 g/mol. The van der Waals surface area contributed by atoms with Crippen molar-refractivity contribution in [1.29, 1.82) is 0 Å². The van der Waals surface area contributed by atoms with Gasteiger partial charge in [-0.2, -0.15) is 0 Å². The molecule has 0 saturated carbocycles. The van der Waals surface area contributed by atoms with Gasteiger partial charge in [0.2, 0.25) is 5.91 Å². The largest absolute Gasteiger partial charge is 0.361 e. The minimum Gasteiger partial charge on any atom is -0.361 e. The highest BCUT2D eigenvalue weighted by Crippen LogP contribution is 2.21. The van der Waals surface area contributed by atoms with Gasteiger partial charge in [0, 0.05) is 27.3 Å². The number of hydrogen-bond acceptors (Lipinski definition) is 1. The van der Waals surface area contributed by atoms with Gasteiger partial charge in [-0.1, -0.05) is 34.1 Å². The van der Waals surface area contributed by atoms with Crippen LogP contribution in [0, 0.1) is 6.92 Å². The van der Waals surface area contributed by atoms with Crippen LogP contribution in [0.2, 0.25) is 0 Å². The van der Waals surface area contributed by atoms with Crippen LogP contribution in [0.4, 0.5) is 5.69 Å². The molecule has 1 amide bonds. The molecular weight excluding hydrogens is 328 g/mol. The summed E-state index contributed by atoms with van der Waals surface area (Å²) in [5, 5.41) is 4.04. The number of aromatic amines is 1. The van der Waals surface area contributed by atoms with E-state index in [0.717, 1.165) is 32.2 Å². The fraction of sp³-hybridized carbons (Fsp3) is 0.118. The Kier molecular flexibility index (Phi) is 3.80. The number of aryl methyl sites for hydroxylation is 1. The van der Waals surface area contributed by atoms with Crippen molar-refractivity contribution in [2.75, 3.05) is 5.32 Å². The van der Waals surface area contributed by atoms with Gasteiger partial charge in [-0.3, -0.25) is 4.79 Å². The van der Waals surface area contributed by atoms with Crippen LogP contribution >= 0.6 is 15.9 Å². The molecule has 0 atom stereocenters. The molecule has 0 bridgehead atoms. The summed E-state index contributed by atoms with van der Waals surface area (Å²) in [6.45, 7) is 2.00. The number of hydrogen-bond donors (Lipinski definition) is 2. The van der Waals surface area contributed by atoms with Gasteiger partial charge in [0.25, 0.3) is 0 Å². The first-order chi connectivity index (χ1) is 10.1. The fourth-order valence-corrected chi connectivity index (χ4v) is 3.07. The summed E-state index contributed by atoms with van der Waals surface area (Å²) in [6.07, 6.45) is 2.26. The molecule has 3 aromatic rings. The number of halogens is 1. The summed E-state index contributed by atoms with van der Waals surface area (Å²) in [5.74, 6) is -0.0164. The molecule has 0 spiro atoms. The number of anilines is 1. The Balaban J connectivity index is 1.77. The number of H-pyrrole nitrogens is 1. The first-order valence-electron chi connectivity index (χ1n) is 6.74. The second-order valence-corrected chi connectivity index (χ2v) is 6.02. The van der Waals surface area contributed by atoms with Gasteiger partial charge < -0.3 is 10.3 Å². The standard InChI is InChI=1S/C17H15BrN2O/c1-11-6-13(18)9-14(7-11)20-17(21)8-12-10-19-16-5-3-2-4-15(12)16/h2-7,9-10,19H,8H2,1H3,(H,20,21). The molecule has 3 rings (SSSR count). The molecule has 0 aliphatic heterocycles. The summed E-state index contributed by atoms with van der Waals surface area (Å²) in [4.78, 5) is 15.4. The Bertz CT molecular complexity index is 787. The molecule has 2 N–H and O–H groups in total. The SMILES string of the molecule is Cc1cc(Br)cc(NC(=O)Cc2c[nH]c3ccccc23)c1. The number of rotatable bonds is 3. The van der Waals surface area contributed by atoms with Crippen LogP contribution in [0.5, 0.6) is 0 Å². The van der Waals surface area contributed by atoms with E-state index in [0.29, 0.717) is 6.42 Å². The lowest BCUT2D eigenvalue weighted by Gasteiger charge is -2.06. The molecule has 0 radical (unpaired) electrons. The number of para-hydroxylation sites is 1. The van der Waals surface area contributed by atoms with Crippen LogP contribution in [0.3, 0.4) is 0 Å². The average Bonchev–Trinajstić information content (AvgIpc) is 2.81. The highest BCUT2D eigenvalue weighted by Gasteiger charge is 2.09. The van der Waals surface area contributed by atoms with Crippen molar-refractivity contribution in [1.82, 2.24) is 4.98 Å². The van der Waals surface area contributed by atoms with E-state index in [1.54, 1.807) is 0 Å². The van der Waals surface area contributed by atoms with Crippen LogP contribution in [0.1, 0.15) is 11.1 Å². The number of aromatic nitrogens is 1. The minimum atomic E-state index is -0.0164. The zero-order chi connectivity index (χ0) is 14.8. The van der Waals surface area contributed by atoms with Crippen LogP contribution < -0.4 is 5.32 Å². The van der Waals surface area contributed by atoms with Crippen molar-refractivity contribution in [3.05, 3.63) is 64.3 Å². The summed E-state index contributed by atoms with van der Waals surface area (Å²) < 4.78 is 0.963. The minimum absolute atomic E-state index is 0.0164.